The molecule has 1 aliphatic rings. The van der Waals surface area contributed by atoms with Gasteiger partial charge in [0.25, 0.3) is 0 Å². The molecule has 1 amide bonds. The molecule has 2 heterocycles. The summed E-state index contributed by atoms with van der Waals surface area (Å²) in [5, 5.41) is 0. The van der Waals surface area contributed by atoms with Gasteiger partial charge in [-0.25, -0.2) is 4.39 Å². The molecule has 0 bridgehead atoms. The SMILES string of the molecule is O=Cc1cccn1CC(=O)N1CCN(c2ccccc2F)CC1. The van der Waals surface area contributed by atoms with Crippen LogP contribution in [0.5, 0.6) is 0 Å². The number of aldehydes is 1. The summed E-state index contributed by atoms with van der Waals surface area (Å²) in [4.78, 5) is 26.9. The second kappa shape index (κ2) is 6.64. The fourth-order valence-corrected chi connectivity index (χ4v) is 2.83. The van der Waals surface area contributed by atoms with Crippen LogP contribution >= 0.6 is 0 Å². The third-order valence-corrected chi connectivity index (χ3v) is 4.12. The molecule has 6 heteroatoms. The molecule has 23 heavy (non-hydrogen) atoms. The van der Waals surface area contributed by atoms with Gasteiger partial charge in [0.15, 0.2) is 6.29 Å². The van der Waals surface area contributed by atoms with E-state index in [1.54, 1.807) is 39.9 Å². The van der Waals surface area contributed by atoms with Gasteiger partial charge in [-0.1, -0.05) is 12.1 Å². The third-order valence-electron chi connectivity index (χ3n) is 4.12. The van der Waals surface area contributed by atoms with Gasteiger partial charge in [0.05, 0.1) is 11.4 Å². The maximum Gasteiger partial charge on any atom is 0.242 e. The number of para-hydroxylation sites is 1. The minimum absolute atomic E-state index is 0.0301. The molecule has 2 aromatic rings. The van der Waals surface area contributed by atoms with Crippen LogP contribution in [0.4, 0.5) is 10.1 Å². The molecule has 1 saturated heterocycles. The van der Waals surface area contributed by atoms with Gasteiger partial charge in [0.2, 0.25) is 5.91 Å². The summed E-state index contributed by atoms with van der Waals surface area (Å²) in [5.41, 5.74) is 1.07. The number of hydrogen-bond acceptors (Lipinski definition) is 3. The van der Waals surface area contributed by atoms with E-state index >= 15 is 0 Å². The quantitative estimate of drug-likeness (QED) is 0.808. The Kier molecular flexibility index (Phi) is 4.41. The summed E-state index contributed by atoms with van der Waals surface area (Å²) in [7, 11) is 0. The van der Waals surface area contributed by atoms with E-state index in [-0.39, 0.29) is 18.3 Å². The molecule has 0 atom stereocenters. The minimum Gasteiger partial charge on any atom is -0.366 e. The largest absolute Gasteiger partial charge is 0.366 e. The molecule has 1 fully saturated rings. The van der Waals surface area contributed by atoms with Crippen LogP contribution in [0.2, 0.25) is 0 Å². The molecular formula is C17H18FN3O2. The van der Waals surface area contributed by atoms with Crippen molar-refractivity contribution >= 4 is 17.9 Å². The highest BCUT2D eigenvalue weighted by Crippen LogP contribution is 2.20. The zero-order chi connectivity index (χ0) is 16.2. The zero-order valence-electron chi connectivity index (χ0n) is 12.7. The van der Waals surface area contributed by atoms with Crippen molar-refractivity contribution in [2.45, 2.75) is 6.54 Å². The number of amides is 1. The average molecular weight is 315 g/mol. The van der Waals surface area contributed by atoms with Crippen molar-refractivity contribution in [3.05, 3.63) is 54.1 Å². The summed E-state index contributed by atoms with van der Waals surface area (Å²) in [6.45, 7) is 2.44. The van der Waals surface area contributed by atoms with E-state index in [1.807, 2.05) is 11.0 Å². The zero-order valence-corrected chi connectivity index (χ0v) is 12.7. The number of piperazine rings is 1. The number of nitrogens with zero attached hydrogens (tertiary/aromatic N) is 3. The van der Waals surface area contributed by atoms with E-state index in [0.717, 1.165) is 6.29 Å². The Morgan fingerprint density at radius 3 is 2.52 bits per heavy atom. The van der Waals surface area contributed by atoms with Gasteiger partial charge in [0, 0.05) is 32.4 Å². The first-order chi connectivity index (χ1) is 11.2. The molecule has 0 radical (unpaired) electrons. The predicted octanol–water partition coefficient (Wildman–Crippen LogP) is 1.79. The molecule has 3 rings (SSSR count). The number of carbonyl (C=O) groups excluding carboxylic acids is 2. The Balaban J connectivity index is 1.59. The van der Waals surface area contributed by atoms with Crippen molar-refractivity contribution in [2.75, 3.05) is 31.1 Å². The predicted molar refractivity (Wildman–Crippen MR) is 85.0 cm³/mol. The van der Waals surface area contributed by atoms with Gasteiger partial charge in [-0.2, -0.15) is 0 Å². The van der Waals surface area contributed by atoms with Crippen molar-refractivity contribution in [1.82, 2.24) is 9.47 Å². The van der Waals surface area contributed by atoms with Crippen molar-refractivity contribution in [3.63, 3.8) is 0 Å². The molecule has 0 N–H and O–H groups in total. The first-order valence-corrected chi connectivity index (χ1v) is 7.56. The van der Waals surface area contributed by atoms with E-state index in [0.29, 0.717) is 37.6 Å². The average Bonchev–Trinajstić information content (AvgIpc) is 3.02. The maximum absolute atomic E-state index is 13.8. The van der Waals surface area contributed by atoms with E-state index in [4.69, 9.17) is 0 Å². The summed E-state index contributed by atoms with van der Waals surface area (Å²) in [6, 6.07) is 10.1. The summed E-state index contributed by atoms with van der Waals surface area (Å²) in [5.74, 6) is -0.271. The highest BCUT2D eigenvalue weighted by atomic mass is 19.1. The third kappa shape index (κ3) is 3.26. The van der Waals surface area contributed by atoms with Crippen LogP contribution in [-0.2, 0) is 11.3 Å². The molecular weight excluding hydrogens is 297 g/mol. The van der Waals surface area contributed by atoms with Crippen LogP contribution in [0.1, 0.15) is 10.5 Å². The monoisotopic (exact) mass is 315 g/mol. The highest BCUT2D eigenvalue weighted by Gasteiger charge is 2.23. The molecule has 120 valence electrons. The first kappa shape index (κ1) is 15.3. The van der Waals surface area contributed by atoms with E-state index < -0.39 is 0 Å². The lowest BCUT2D eigenvalue weighted by molar-refractivity contribution is -0.132. The Hall–Kier alpha value is -2.63. The first-order valence-electron chi connectivity index (χ1n) is 7.56. The maximum atomic E-state index is 13.8. The lowest BCUT2D eigenvalue weighted by Gasteiger charge is -2.36. The second-order valence-electron chi connectivity index (χ2n) is 5.50. The molecule has 5 nitrogen and oxygen atoms in total. The Labute approximate surface area is 133 Å². The van der Waals surface area contributed by atoms with Crippen LogP contribution in [0.3, 0.4) is 0 Å². The van der Waals surface area contributed by atoms with Gasteiger partial charge in [-0.15, -0.1) is 0 Å². The fourth-order valence-electron chi connectivity index (χ4n) is 2.83. The smallest absolute Gasteiger partial charge is 0.242 e. The topological polar surface area (TPSA) is 45.6 Å². The van der Waals surface area contributed by atoms with Crippen molar-refractivity contribution < 1.29 is 14.0 Å². The molecule has 0 spiro atoms. The number of hydrogen-bond donors (Lipinski definition) is 0. The van der Waals surface area contributed by atoms with E-state index in [1.165, 1.54) is 6.07 Å². The van der Waals surface area contributed by atoms with Crippen LogP contribution < -0.4 is 4.90 Å². The number of halogens is 1. The van der Waals surface area contributed by atoms with Crippen LogP contribution in [0, 0.1) is 5.82 Å². The second-order valence-corrected chi connectivity index (χ2v) is 5.50. The van der Waals surface area contributed by atoms with Crippen molar-refractivity contribution in [3.8, 4) is 0 Å². The van der Waals surface area contributed by atoms with Crippen molar-refractivity contribution in [2.24, 2.45) is 0 Å². The van der Waals surface area contributed by atoms with Gasteiger partial charge in [-0.3, -0.25) is 9.59 Å². The number of anilines is 1. The summed E-state index contributed by atoms with van der Waals surface area (Å²) >= 11 is 0. The van der Waals surface area contributed by atoms with Crippen molar-refractivity contribution in [1.29, 1.82) is 0 Å². The van der Waals surface area contributed by atoms with E-state index in [9.17, 15) is 14.0 Å². The molecule has 0 aliphatic carbocycles. The number of benzene rings is 1. The molecule has 1 aromatic heterocycles. The number of carbonyl (C=O) groups is 2. The summed E-state index contributed by atoms with van der Waals surface area (Å²) in [6.07, 6.45) is 2.46. The standard InChI is InChI=1S/C17H18FN3O2/c18-15-5-1-2-6-16(15)19-8-10-20(11-9-19)17(23)12-21-7-3-4-14(21)13-22/h1-7,13H,8-12H2. The van der Waals surface area contributed by atoms with Crippen LogP contribution in [0.15, 0.2) is 42.6 Å². The highest BCUT2D eigenvalue weighted by molar-refractivity contribution is 5.78. The van der Waals surface area contributed by atoms with Crippen LogP contribution in [0.25, 0.3) is 0 Å². The number of aromatic nitrogens is 1. The summed E-state index contributed by atoms with van der Waals surface area (Å²) < 4.78 is 15.4. The van der Waals surface area contributed by atoms with Gasteiger partial charge >= 0.3 is 0 Å². The Morgan fingerprint density at radius 1 is 1.09 bits per heavy atom. The lowest BCUT2D eigenvalue weighted by atomic mass is 10.2. The lowest BCUT2D eigenvalue weighted by Crippen LogP contribution is -2.49. The molecule has 1 aromatic carbocycles. The van der Waals surface area contributed by atoms with E-state index in [2.05, 4.69) is 0 Å². The number of rotatable bonds is 4. The van der Waals surface area contributed by atoms with Gasteiger partial charge in [-0.05, 0) is 24.3 Å². The fraction of sp³-hybridized carbons (Fsp3) is 0.294. The minimum atomic E-state index is -0.241. The molecule has 0 saturated carbocycles. The van der Waals surface area contributed by atoms with Gasteiger partial charge in [0.1, 0.15) is 12.4 Å². The normalized spacial score (nSPS) is 14.8. The molecule has 1 aliphatic heterocycles. The van der Waals surface area contributed by atoms with Gasteiger partial charge < -0.3 is 14.4 Å². The van der Waals surface area contributed by atoms with Crippen LogP contribution in [-0.4, -0.2) is 47.8 Å². The Morgan fingerprint density at radius 2 is 1.83 bits per heavy atom. The molecule has 0 unspecified atom stereocenters. The Bertz CT molecular complexity index is 705.